The molecule has 0 radical (unpaired) electrons. The fourth-order valence-electron chi connectivity index (χ4n) is 2.44. The summed E-state index contributed by atoms with van der Waals surface area (Å²) in [6.45, 7) is 4.92. The molecular formula is C14H19N3O. The third-order valence-electron chi connectivity index (χ3n) is 3.42. The summed E-state index contributed by atoms with van der Waals surface area (Å²) in [4.78, 5) is 2.46. The molecule has 2 aromatic rings. The molecule has 0 N–H and O–H groups in total. The summed E-state index contributed by atoms with van der Waals surface area (Å²) in [7, 11) is 0. The Morgan fingerprint density at radius 3 is 2.94 bits per heavy atom. The maximum atomic E-state index is 5.69. The number of fused-ring (bicyclic) bond motifs is 1. The van der Waals surface area contributed by atoms with Gasteiger partial charge in [0, 0.05) is 12.7 Å². The highest BCUT2D eigenvalue weighted by Crippen LogP contribution is 2.08. The van der Waals surface area contributed by atoms with Crippen LogP contribution in [0.3, 0.4) is 0 Å². The van der Waals surface area contributed by atoms with Crippen molar-refractivity contribution < 1.29 is 4.74 Å². The second-order valence-corrected chi connectivity index (χ2v) is 4.81. The van der Waals surface area contributed by atoms with E-state index in [0.717, 1.165) is 24.4 Å². The molecule has 1 saturated heterocycles. The number of nitrogens with zero attached hydrogens (tertiary/aromatic N) is 3. The first kappa shape index (κ1) is 11.7. The lowest BCUT2D eigenvalue weighted by molar-refractivity contribution is 0.0970. The number of rotatable bonds is 5. The summed E-state index contributed by atoms with van der Waals surface area (Å²) in [6, 6.07) is 8.14. The quantitative estimate of drug-likeness (QED) is 0.754. The fourth-order valence-corrected chi connectivity index (χ4v) is 2.44. The van der Waals surface area contributed by atoms with E-state index in [9.17, 15) is 0 Å². The molecule has 2 aromatic heterocycles. The zero-order valence-corrected chi connectivity index (χ0v) is 10.6. The van der Waals surface area contributed by atoms with Gasteiger partial charge in [-0.15, -0.1) is 0 Å². The number of pyridine rings is 1. The predicted molar refractivity (Wildman–Crippen MR) is 70.5 cm³/mol. The average molecular weight is 245 g/mol. The highest BCUT2D eigenvalue weighted by Gasteiger charge is 2.10. The van der Waals surface area contributed by atoms with Crippen molar-refractivity contribution >= 4 is 5.52 Å². The van der Waals surface area contributed by atoms with Crippen LogP contribution in [-0.2, 0) is 11.3 Å². The lowest BCUT2D eigenvalue weighted by atomic mass is 10.4. The summed E-state index contributed by atoms with van der Waals surface area (Å²) in [5.74, 6) is 0. The van der Waals surface area contributed by atoms with Gasteiger partial charge in [-0.3, -0.25) is 0 Å². The largest absolute Gasteiger partial charge is 0.374 e. The molecule has 3 heterocycles. The van der Waals surface area contributed by atoms with Crippen LogP contribution in [0.1, 0.15) is 18.5 Å². The molecule has 1 aliphatic heterocycles. The highest BCUT2D eigenvalue weighted by atomic mass is 16.5. The van der Waals surface area contributed by atoms with Crippen LogP contribution in [0.4, 0.5) is 0 Å². The number of hydrogen-bond donors (Lipinski definition) is 0. The van der Waals surface area contributed by atoms with E-state index >= 15 is 0 Å². The minimum absolute atomic E-state index is 0.607. The van der Waals surface area contributed by atoms with E-state index in [1.807, 2.05) is 22.8 Å². The van der Waals surface area contributed by atoms with Crippen LogP contribution in [0.2, 0.25) is 0 Å². The third kappa shape index (κ3) is 2.71. The van der Waals surface area contributed by atoms with Gasteiger partial charge in [-0.05, 0) is 44.1 Å². The lowest BCUT2D eigenvalue weighted by Gasteiger charge is -2.13. The van der Waals surface area contributed by atoms with E-state index in [1.54, 1.807) is 0 Å². The molecule has 0 aromatic carbocycles. The van der Waals surface area contributed by atoms with Crippen LogP contribution in [0.15, 0.2) is 30.5 Å². The molecule has 1 aliphatic rings. The van der Waals surface area contributed by atoms with Gasteiger partial charge in [-0.1, -0.05) is 6.07 Å². The molecule has 18 heavy (non-hydrogen) atoms. The Balaban J connectivity index is 1.47. The van der Waals surface area contributed by atoms with E-state index < -0.39 is 0 Å². The van der Waals surface area contributed by atoms with Crippen LogP contribution in [0.25, 0.3) is 5.52 Å². The van der Waals surface area contributed by atoms with Gasteiger partial charge in [-0.2, -0.15) is 5.10 Å². The first-order chi connectivity index (χ1) is 8.92. The zero-order valence-electron chi connectivity index (χ0n) is 10.6. The average Bonchev–Trinajstić information content (AvgIpc) is 3.03. The Kier molecular flexibility index (Phi) is 3.57. The van der Waals surface area contributed by atoms with Crippen molar-refractivity contribution in [1.29, 1.82) is 0 Å². The van der Waals surface area contributed by atoms with Gasteiger partial charge in [-0.25, -0.2) is 4.52 Å². The molecule has 0 bridgehead atoms. The van der Waals surface area contributed by atoms with Gasteiger partial charge in [0.2, 0.25) is 0 Å². The van der Waals surface area contributed by atoms with E-state index in [1.165, 1.54) is 25.9 Å². The van der Waals surface area contributed by atoms with E-state index in [-0.39, 0.29) is 0 Å². The van der Waals surface area contributed by atoms with Crippen molar-refractivity contribution in [3.63, 3.8) is 0 Å². The summed E-state index contributed by atoms with van der Waals surface area (Å²) in [5.41, 5.74) is 2.12. The molecule has 4 heteroatoms. The van der Waals surface area contributed by atoms with Crippen LogP contribution >= 0.6 is 0 Å². The molecule has 0 unspecified atom stereocenters. The predicted octanol–water partition coefficient (Wildman–Crippen LogP) is 1.95. The van der Waals surface area contributed by atoms with Crippen LogP contribution < -0.4 is 0 Å². The van der Waals surface area contributed by atoms with Crippen LogP contribution in [-0.4, -0.2) is 40.8 Å². The topological polar surface area (TPSA) is 29.8 Å². The molecule has 0 spiro atoms. The summed E-state index contributed by atoms with van der Waals surface area (Å²) < 4.78 is 7.58. The molecule has 0 amide bonds. The van der Waals surface area contributed by atoms with Gasteiger partial charge in [0.1, 0.15) is 0 Å². The Morgan fingerprint density at radius 1 is 1.22 bits per heavy atom. The smallest absolute Gasteiger partial charge is 0.0907 e. The Hall–Kier alpha value is -1.39. The zero-order chi connectivity index (χ0) is 12.2. The highest BCUT2D eigenvalue weighted by molar-refractivity contribution is 5.46. The van der Waals surface area contributed by atoms with Gasteiger partial charge < -0.3 is 9.64 Å². The van der Waals surface area contributed by atoms with Gasteiger partial charge in [0.25, 0.3) is 0 Å². The monoisotopic (exact) mass is 245 g/mol. The summed E-state index contributed by atoms with van der Waals surface area (Å²) in [5, 5.41) is 4.46. The Labute approximate surface area is 107 Å². The maximum absolute atomic E-state index is 5.69. The Morgan fingerprint density at radius 2 is 2.11 bits per heavy atom. The maximum Gasteiger partial charge on any atom is 0.0907 e. The van der Waals surface area contributed by atoms with Crippen molar-refractivity contribution in [2.24, 2.45) is 0 Å². The molecule has 4 nitrogen and oxygen atoms in total. The summed E-state index contributed by atoms with van der Waals surface area (Å²) >= 11 is 0. The SMILES string of the molecule is c1ccn2nc(COCCN3CCCC3)cc2c1. The standard InChI is InChI=1S/C14H19N3O/c1-2-8-17-14(5-1)11-13(15-17)12-18-10-9-16-6-3-4-7-16/h1-2,5,8,11H,3-4,6-7,9-10,12H2. The van der Waals surface area contributed by atoms with Gasteiger partial charge in [0.15, 0.2) is 0 Å². The minimum Gasteiger partial charge on any atom is -0.374 e. The van der Waals surface area contributed by atoms with E-state index in [2.05, 4.69) is 22.1 Å². The van der Waals surface area contributed by atoms with Gasteiger partial charge >= 0.3 is 0 Å². The molecule has 0 atom stereocenters. The van der Waals surface area contributed by atoms with Gasteiger partial charge in [0.05, 0.1) is 24.4 Å². The minimum atomic E-state index is 0.607. The molecule has 3 rings (SSSR count). The normalized spacial score (nSPS) is 16.7. The number of ether oxygens (including phenoxy) is 1. The van der Waals surface area contributed by atoms with Crippen molar-refractivity contribution in [3.8, 4) is 0 Å². The summed E-state index contributed by atoms with van der Waals surface area (Å²) in [6.07, 6.45) is 4.64. The first-order valence-corrected chi connectivity index (χ1v) is 6.65. The van der Waals surface area contributed by atoms with Crippen LogP contribution in [0.5, 0.6) is 0 Å². The third-order valence-corrected chi connectivity index (χ3v) is 3.42. The second-order valence-electron chi connectivity index (χ2n) is 4.81. The second kappa shape index (κ2) is 5.50. The number of hydrogen-bond acceptors (Lipinski definition) is 3. The molecule has 96 valence electrons. The molecule has 0 saturated carbocycles. The van der Waals surface area contributed by atoms with Crippen molar-refractivity contribution in [2.75, 3.05) is 26.2 Å². The number of aromatic nitrogens is 2. The molecular weight excluding hydrogens is 226 g/mol. The van der Waals surface area contributed by atoms with Crippen molar-refractivity contribution in [2.45, 2.75) is 19.4 Å². The van der Waals surface area contributed by atoms with Crippen LogP contribution in [0, 0.1) is 0 Å². The first-order valence-electron chi connectivity index (χ1n) is 6.65. The van der Waals surface area contributed by atoms with Crippen molar-refractivity contribution in [1.82, 2.24) is 14.5 Å². The molecule has 1 fully saturated rings. The van der Waals surface area contributed by atoms with Crippen molar-refractivity contribution in [3.05, 3.63) is 36.2 Å². The Bertz CT molecular complexity index is 469. The number of likely N-dealkylation sites (tertiary alicyclic amines) is 1. The van der Waals surface area contributed by atoms with E-state index in [0.29, 0.717) is 6.61 Å². The van der Waals surface area contributed by atoms with E-state index in [4.69, 9.17) is 4.74 Å². The molecule has 0 aliphatic carbocycles. The fraction of sp³-hybridized carbons (Fsp3) is 0.500. The lowest BCUT2D eigenvalue weighted by Crippen LogP contribution is -2.23.